The second-order valence-corrected chi connectivity index (χ2v) is 6.27. The molecule has 0 aliphatic carbocycles. The van der Waals surface area contributed by atoms with E-state index in [9.17, 15) is 0 Å². The molecule has 0 bridgehead atoms. The van der Waals surface area contributed by atoms with Crippen LogP contribution in [0.4, 0.5) is 0 Å². The predicted octanol–water partition coefficient (Wildman–Crippen LogP) is 5.89. The first-order valence-corrected chi connectivity index (χ1v) is 9.16. The third-order valence-electron chi connectivity index (χ3n) is 4.26. The quantitative estimate of drug-likeness (QED) is 0.371. The predicted molar refractivity (Wildman–Crippen MR) is 117 cm³/mol. The minimum atomic E-state index is 0.284. The van der Waals surface area contributed by atoms with Crippen LogP contribution in [-0.4, -0.2) is 12.1 Å². The van der Waals surface area contributed by atoms with E-state index in [2.05, 4.69) is 14.7 Å². The lowest BCUT2D eigenvalue weighted by atomic mass is 10.1. The fraction of sp³-hybridized carbons (Fsp3) is 0.0800. The Balaban J connectivity index is 1.74. The topological polar surface area (TPSA) is 40.1 Å². The van der Waals surface area contributed by atoms with Crippen molar-refractivity contribution in [2.45, 2.75) is 6.61 Å². The molecular formula is C25H19N3O2. The average molecular weight is 393 g/mol. The maximum Gasteiger partial charge on any atom is 0.195 e. The monoisotopic (exact) mass is 393 g/mol. The molecule has 0 spiro atoms. The molecule has 5 nitrogen and oxygen atoms in total. The van der Waals surface area contributed by atoms with Gasteiger partial charge in [-0.25, -0.2) is 0 Å². The number of hydrogen-bond donors (Lipinski definition) is 0. The van der Waals surface area contributed by atoms with E-state index < -0.39 is 0 Å². The van der Waals surface area contributed by atoms with Crippen LogP contribution < -0.4 is 9.47 Å². The van der Waals surface area contributed by atoms with Crippen LogP contribution in [0.2, 0.25) is 0 Å². The van der Waals surface area contributed by atoms with Gasteiger partial charge < -0.3 is 9.47 Å². The summed E-state index contributed by atoms with van der Waals surface area (Å²) in [4.78, 5) is 11.1. The van der Waals surface area contributed by atoms with Crippen molar-refractivity contribution in [1.29, 1.82) is 0 Å². The van der Waals surface area contributed by atoms with Crippen LogP contribution in [0, 0.1) is 13.1 Å². The smallest absolute Gasteiger partial charge is 0.195 e. The molecule has 0 aliphatic rings. The summed E-state index contributed by atoms with van der Waals surface area (Å²) >= 11 is 0. The van der Waals surface area contributed by atoms with Crippen molar-refractivity contribution in [3.8, 4) is 11.5 Å². The highest BCUT2D eigenvalue weighted by atomic mass is 16.5. The Morgan fingerprint density at radius 1 is 0.800 bits per heavy atom. The van der Waals surface area contributed by atoms with E-state index >= 15 is 0 Å². The van der Waals surface area contributed by atoms with E-state index in [0.29, 0.717) is 6.61 Å². The van der Waals surface area contributed by atoms with E-state index in [1.807, 2.05) is 60.7 Å². The van der Waals surface area contributed by atoms with Gasteiger partial charge >= 0.3 is 0 Å². The maximum atomic E-state index is 7.50. The van der Waals surface area contributed by atoms with Crippen molar-refractivity contribution < 1.29 is 9.47 Å². The molecule has 30 heavy (non-hydrogen) atoms. The summed E-state index contributed by atoms with van der Waals surface area (Å²) in [7, 11) is 1.60. The molecule has 0 aliphatic heterocycles. The number of pyridine rings is 1. The lowest BCUT2D eigenvalue weighted by molar-refractivity contribution is 0.306. The highest BCUT2D eigenvalue weighted by molar-refractivity contribution is 5.69. The zero-order chi connectivity index (χ0) is 21.2. The number of hydrogen-bond acceptors (Lipinski definition) is 3. The highest BCUT2D eigenvalue weighted by Gasteiger charge is 2.07. The summed E-state index contributed by atoms with van der Waals surface area (Å²) in [6, 6.07) is 18.6. The average Bonchev–Trinajstić information content (AvgIpc) is 2.81. The van der Waals surface area contributed by atoms with E-state index in [1.54, 1.807) is 31.7 Å². The van der Waals surface area contributed by atoms with Crippen molar-refractivity contribution in [1.82, 2.24) is 4.98 Å². The molecule has 1 heterocycles. The Hall–Kier alpha value is -4.35. The molecule has 3 aromatic rings. The number of nitrogens with zero attached hydrogens (tertiary/aromatic N) is 3. The summed E-state index contributed by atoms with van der Waals surface area (Å²) in [5.41, 5.74) is 3.26. The third kappa shape index (κ3) is 5.58. The summed E-state index contributed by atoms with van der Waals surface area (Å²) in [5.74, 6) is 1.47. The van der Waals surface area contributed by atoms with Gasteiger partial charge in [0.1, 0.15) is 18.1 Å². The first-order valence-electron chi connectivity index (χ1n) is 9.16. The van der Waals surface area contributed by atoms with Gasteiger partial charge in [0.2, 0.25) is 0 Å². The number of rotatable bonds is 7. The molecule has 5 heteroatoms. The van der Waals surface area contributed by atoms with E-state index in [1.165, 1.54) is 0 Å². The summed E-state index contributed by atoms with van der Waals surface area (Å²) in [6.45, 7) is 15.4. The molecule has 1 aromatic heterocycles. The zero-order valence-electron chi connectivity index (χ0n) is 16.4. The van der Waals surface area contributed by atoms with Crippen LogP contribution in [0.5, 0.6) is 11.5 Å². The first-order chi connectivity index (χ1) is 14.7. The third-order valence-corrected chi connectivity index (χ3v) is 4.26. The van der Waals surface area contributed by atoms with Crippen molar-refractivity contribution in [3.63, 3.8) is 0 Å². The van der Waals surface area contributed by atoms with Crippen molar-refractivity contribution in [3.05, 3.63) is 124 Å². The van der Waals surface area contributed by atoms with E-state index in [4.69, 9.17) is 22.6 Å². The number of ether oxygens (including phenoxy) is 2. The Labute approximate surface area is 176 Å². The van der Waals surface area contributed by atoms with Gasteiger partial charge in [-0.3, -0.25) is 14.7 Å². The molecule has 0 N–H and O–H groups in total. The van der Waals surface area contributed by atoms with Crippen LogP contribution >= 0.6 is 0 Å². The van der Waals surface area contributed by atoms with Gasteiger partial charge in [-0.1, -0.05) is 36.4 Å². The summed E-state index contributed by atoms with van der Waals surface area (Å²) in [5, 5.41) is 0. The Bertz CT molecular complexity index is 1120. The normalized spacial score (nSPS) is 11.3. The van der Waals surface area contributed by atoms with E-state index in [-0.39, 0.29) is 11.4 Å². The molecular weight excluding hydrogens is 374 g/mol. The Morgan fingerprint density at radius 2 is 1.30 bits per heavy atom. The molecule has 146 valence electrons. The van der Waals surface area contributed by atoms with Crippen LogP contribution in [0.15, 0.2) is 84.5 Å². The summed E-state index contributed by atoms with van der Waals surface area (Å²) in [6.07, 6.45) is 6.86. The largest absolute Gasteiger partial charge is 0.497 e. The fourth-order valence-corrected chi connectivity index (χ4v) is 2.65. The Morgan fingerprint density at radius 3 is 1.77 bits per heavy atom. The minimum Gasteiger partial charge on any atom is -0.497 e. The Kier molecular flexibility index (Phi) is 6.97. The van der Waals surface area contributed by atoms with Gasteiger partial charge in [0.25, 0.3) is 0 Å². The number of aromatic nitrogens is 1. The number of methoxy groups -OCH3 is 1. The SMILES string of the molecule is [C-]#[N+]C(=C\c1ccc(OC)cc1)/C(=C/c1ccc(OCc2ccncc2)cc1)[N+]#[C-]. The minimum absolute atomic E-state index is 0.284. The van der Waals surface area contributed by atoms with Crippen LogP contribution in [-0.2, 0) is 6.61 Å². The van der Waals surface area contributed by atoms with Crippen molar-refractivity contribution in [2.75, 3.05) is 7.11 Å². The van der Waals surface area contributed by atoms with Crippen LogP contribution in [0.3, 0.4) is 0 Å². The molecule has 2 aromatic carbocycles. The van der Waals surface area contributed by atoms with Crippen molar-refractivity contribution >= 4 is 12.2 Å². The lowest BCUT2D eigenvalue weighted by Gasteiger charge is -2.06. The molecule has 0 unspecified atom stereocenters. The van der Waals surface area contributed by atoms with Gasteiger partial charge in [-0.05, 0) is 53.1 Å². The lowest BCUT2D eigenvalue weighted by Crippen LogP contribution is -1.95. The summed E-state index contributed by atoms with van der Waals surface area (Å²) < 4.78 is 10.9. The molecule has 0 radical (unpaired) electrons. The van der Waals surface area contributed by atoms with Gasteiger partial charge in [0.15, 0.2) is 11.4 Å². The van der Waals surface area contributed by atoms with Crippen LogP contribution in [0.1, 0.15) is 16.7 Å². The highest BCUT2D eigenvalue weighted by Crippen LogP contribution is 2.23. The fourth-order valence-electron chi connectivity index (χ4n) is 2.65. The van der Waals surface area contributed by atoms with Crippen LogP contribution in [0.25, 0.3) is 21.8 Å². The molecule has 0 saturated heterocycles. The van der Waals surface area contributed by atoms with E-state index in [0.717, 1.165) is 28.2 Å². The van der Waals surface area contributed by atoms with Gasteiger partial charge in [0, 0.05) is 12.4 Å². The molecule has 0 fully saturated rings. The van der Waals surface area contributed by atoms with Gasteiger partial charge in [-0.2, -0.15) is 0 Å². The van der Waals surface area contributed by atoms with Gasteiger partial charge in [-0.15, -0.1) is 0 Å². The second kappa shape index (κ2) is 10.3. The molecule has 0 atom stereocenters. The molecule has 3 rings (SSSR count). The second-order valence-electron chi connectivity index (χ2n) is 6.27. The van der Waals surface area contributed by atoms with Crippen molar-refractivity contribution in [2.24, 2.45) is 0 Å². The number of benzene rings is 2. The zero-order valence-corrected chi connectivity index (χ0v) is 16.4. The van der Waals surface area contributed by atoms with Gasteiger partial charge in [0.05, 0.1) is 20.3 Å². The standard InChI is InChI=1S/C25H19N3O2/c1-26-24(16-19-4-8-22(29-3)9-5-19)25(27-2)17-20-6-10-23(11-7-20)30-18-21-12-14-28-15-13-21/h4-17H,18H2,3H3/b24-16-,25-17-. The molecule has 0 amide bonds. The first kappa shape index (κ1) is 20.4. The molecule has 0 saturated carbocycles. The maximum absolute atomic E-state index is 7.50.